The van der Waals surface area contributed by atoms with Gasteiger partial charge in [-0.25, -0.2) is 8.78 Å². The number of rotatable bonds is 8. The number of hydrogen-bond donors (Lipinski definition) is 2. The van der Waals surface area contributed by atoms with E-state index in [0.29, 0.717) is 31.4 Å². The van der Waals surface area contributed by atoms with Crippen LogP contribution >= 0.6 is 0 Å². The second-order valence-corrected chi connectivity index (χ2v) is 5.31. The molecule has 1 fully saturated rings. The van der Waals surface area contributed by atoms with Crippen LogP contribution in [0.5, 0.6) is 0 Å². The molecule has 18 heavy (non-hydrogen) atoms. The van der Waals surface area contributed by atoms with Crippen molar-refractivity contribution in [3.8, 4) is 0 Å². The van der Waals surface area contributed by atoms with Gasteiger partial charge in [0.15, 0.2) is 0 Å². The van der Waals surface area contributed by atoms with Gasteiger partial charge in [-0.15, -0.1) is 0 Å². The van der Waals surface area contributed by atoms with E-state index in [4.69, 9.17) is 4.74 Å². The Morgan fingerprint density at radius 1 is 1.33 bits per heavy atom. The molecule has 0 aromatic rings. The Labute approximate surface area is 109 Å². The number of hydrogen-bond acceptors (Lipinski definition) is 3. The fourth-order valence-electron chi connectivity index (χ4n) is 2.24. The molecule has 0 radical (unpaired) electrons. The maximum Gasteiger partial charge on any atom is 0.248 e. The highest BCUT2D eigenvalue weighted by molar-refractivity contribution is 4.79. The van der Waals surface area contributed by atoms with E-state index < -0.39 is 5.92 Å². The van der Waals surface area contributed by atoms with Crippen LogP contribution in [0.15, 0.2) is 0 Å². The zero-order valence-corrected chi connectivity index (χ0v) is 11.5. The van der Waals surface area contributed by atoms with Gasteiger partial charge in [0.2, 0.25) is 5.92 Å². The van der Waals surface area contributed by atoms with Crippen LogP contribution in [0.2, 0.25) is 0 Å². The lowest BCUT2D eigenvalue weighted by Crippen LogP contribution is -2.40. The van der Waals surface area contributed by atoms with Crippen molar-refractivity contribution in [2.45, 2.75) is 44.6 Å². The largest absolute Gasteiger partial charge is 0.383 e. The van der Waals surface area contributed by atoms with Crippen molar-refractivity contribution < 1.29 is 13.5 Å². The van der Waals surface area contributed by atoms with Crippen molar-refractivity contribution in [1.29, 1.82) is 0 Å². The first-order valence-corrected chi connectivity index (χ1v) is 6.84. The van der Waals surface area contributed by atoms with Crippen molar-refractivity contribution >= 4 is 0 Å². The molecule has 0 bridgehead atoms. The lowest BCUT2D eigenvalue weighted by Gasteiger charge is -2.29. The van der Waals surface area contributed by atoms with Crippen molar-refractivity contribution in [2.24, 2.45) is 5.92 Å². The number of alkyl halides is 2. The van der Waals surface area contributed by atoms with Gasteiger partial charge in [0, 0.05) is 39.1 Å². The predicted octanol–water partition coefficient (Wildman–Crippen LogP) is 2.03. The minimum absolute atomic E-state index is 0.0554. The lowest BCUT2D eigenvalue weighted by molar-refractivity contribution is -0.0456. The van der Waals surface area contributed by atoms with Crippen molar-refractivity contribution in [1.82, 2.24) is 10.6 Å². The summed E-state index contributed by atoms with van der Waals surface area (Å²) in [5, 5.41) is 6.69. The molecule has 1 saturated carbocycles. The van der Waals surface area contributed by atoms with Gasteiger partial charge in [-0.3, -0.25) is 0 Å². The Morgan fingerprint density at radius 2 is 2.00 bits per heavy atom. The average molecular weight is 264 g/mol. The van der Waals surface area contributed by atoms with E-state index in [1.165, 1.54) is 0 Å². The Kier molecular flexibility index (Phi) is 7.04. The molecule has 0 aliphatic heterocycles. The summed E-state index contributed by atoms with van der Waals surface area (Å²) in [5.41, 5.74) is 0. The van der Waals surface area contributed by atoms with Crippen LogP contribution in [0.25, 0.3) is 0 Å². The molecular formula is C13H26F2N2O. The zero-order chi connectivity index (χ0) is 13.4. The van der Waals surface area contributed by atoms with Crippen molar-refractivity contribution in [2.75, 3.05) is 33.4 Å². The number of methoxy groups -OCH3 is 1. The topological polar surface area (TPSA) is 33.3 Å². The van der Waals surface area contributed by atoms with Gasteiger partial charge in [-0.2, -0.15) is 0 Å². The van der Waals surface area contributed by atoms with Gasteiger partial charge in [0.25, 0.3) is 0 Å². The predicted molar refractivity (Wildman–Crippen MR) is 69.1 cm³/mol. The third-order valence-corrected chi connectivity index (χ3v) is 3.53. The van der Waals surface area contributed by atoms with Crippen LogP contribution in [0, 0.1) is 5.92 Å². The SMILES string of the molecule is COCCNCC(C)NCC1CCC(F)(F)CC1. The third-order valence-electron chi connectivity index (χ3n) is 3.53. The molecule has 5 heteroatoms. The van der Waals surface area contributed by atoms with Gasteiger partial charge < -0.3 is 15.4 Å². The Morgan fingerprint density at radius 3 is 2.61 bits per heavy atom. The van der Waals surface area contributed by atoms with E-state index in [2.05, 4.69) is 17.6 Å². The molecule has 1 rings (SSSR count). The van der Waals surface area contributed by atoms with Gasteiger partial charge >= 0.3 is 0 Å². The summed E-state index contributed by atoms with van der Waals surface area (Å²) < 4.78 is 30.9. The molecule has 0 aromatic heterocycles. The Balaban J connectivity index is 2.03. The summed E-state index contributed by atoms with van der Waals surface area (Å²) in [5.74, 6) is -2.00. The summed E-state index contributed by atoms with van der Waals surface area (Å²) in [6.07, 6.45) is 1.40. The molecular weight excluding hydrogens is 238 g/mol. The third kappa shape index (κ3) is 6.61. The average Bonchev–Trinajstić information content (AvgIpc) is 2.33. The van der Waals surface area contributed by atoms with Crippen LogP contribution in [0.4, 0.5) is 8.78 Å². The first-order valence-electron chi connectivity index (χ1n) is 6.84. The van der Waals surface area contributed by atoms with E-state index >= 15 is 0 Å². The molecule has 0 aromatic carbocycles. The maximum absolute atomic E-state index is 13.0. The first-order chi connectivity index (χ1) is 8.53. The van der Waals surface area contributed by atoms with Crippen LogP contribution in [-0.2, 0) is 4.74 Å². The van der Waals surface area contributed by atoms with Gasteiger partial charge in [-0.05, 0) is 32.2 Å². The number of nitrogens with one attached hydrogen (secondary N) is 2. The summed E-state index contributed by atoms with van der Waals surface area (Å²) in [6, 6.07) is 0.365. The zero-order valence-electron chi connectivity index (χ0n) is 11.5. The van der Waals surface area contributed by atoms with Crippen molar-refractivity contribution in [3.05, 3.63) is 0 Å². The molecule has 1 aliphatic rings. The Hall–Kier alpha value is -0.260. The van der Waals surface area contributed by atoms with Gasteiger partial charge in [-0.1, -0.05) is 0 Å². The molecule has 108 valence electrons. The Bertz CT molecular complexity index is 217. The van der Waals surface area contributed by atoms with Crippen molar-refractivity contribution in [3.63, 3.8) is 0 Å². The standard InChI is InChI=1S/C13H26F2N2O/c1-11(9-16-7-8-18-2)17-10-12-3-5-13(14,15)6-4-12/h11-12,16-17H,3-10H2,1-2H3. The molecule has 1 atom stereocenters. The summed E-state index contributed by atoms with van der Waals surface area (Å²) in [7, 11) is 1.68. The molecule has 2 N–H and O–H groups in total. The highest BCUT2D eigenvalue weighted by atomic mass is 19.3. The van der Waals surface area contributed by atoms with Crippen LogP contribution in [-0.4, -0.2) is 45.3 Å². The van der Waals surface area contributed by atoms with E-state index in [9.17, 15) is 8.78 Å². The minimum Gasteiger partial charge on any atom is -0.383 e. The molecule has 1 aliphatic carbocycles. The molecule has 0 spiro atoms. The molecule has 0 amide bonds. The van der Waals surface area contributed by atoms with E-state index in [-0.39, 0.29) is 12.8 Å². The summed E-state index contributed by atoms with van der Waals surface area (Å²) in [6.45, 7) is 5.40. The first kappa shape index (κ1) is 15.8. The van der Waals surface area contributed by atoms with Crippen LogP contribution in [0.1, 0.15) is 32.6 Å². The monoisotopic (exact) mass is 264 g/mol. The van der Waals surface area contributed by atoms with Crippen LogP contribution < -0.4 is 10.6 Å². The van der Waals surface area contributed by atoms with Gasteiger partial charge in [0.05, 0.1) is 6.61 Å². The van der Waals surface area contributed by atoms with E-state index in [1.54, 1.807) is 7.11 Å². The summed E-state index contributed by atoms with van der Waals surface area (Å²) in [4.78, 5) is 0. The number of halogens is 2. The van der Waals surface area contributed by atoms with Gasteiger partial charge in [0.1, 0.15) is 0 Å². The fraction of sp³-hybridized carbons (Fsp3) is 1.00. The minimum atomic E-state index is -2.41. The number of ether oxygens (including phenoxy) is 1. The van der Waals surface area contributed by atoms with E-state index in [1.807, 2.05) is 0 Å². The van der Waals surface area contributed by atoms with Crippen LogP contribution in [0.3, 0.4) is 0 Å². The lowest BCUT2D eigenvalue weighted by atomic mass is 9.86. The molecule has 1 unspecified atom stereocenters. The highest BCUT2D eigenvalue weighted by Crippen LogP contribution is 2.35. The second-order valence-electron chi connectivity index (χ2n) is 5.31. The highest BCUT2D eigenvalue weighted by Gasteiger charge is 2.34. The molecule has 0 heterocycles. The second kappa shape index (κ2) is 8.02. The van der Waals surface area contributed by atoms with E-state index in [0.717, 1.165) is 19.6 Å². The molecule has 0 saturated heterocycles. The smallest absolute Gasteiger partial charge is 0.248 e. The molecule has 3 nitrogen and oxygen atoms in total. The normalized spacial score (nSPS) is 22.0. The summed E-state index contributed by atoms with van der Waals surface area (Å²) >= 11 is 0. The quantitative estimate of drug-likeness (QED) is 0.658. The maximum atomic E-state index is 13.0. The fourth-order valence-corrected chi connectivity index (χ4v) is 2.24.